The van der Waals surface area contributed by atoms with Crippen LogP contribution in [0.25, 0.3) is 0 Å². The Labute approximate surface area is 91.9 Å². The first kappa shape index (κ1) is 11.5. The van der Waals surface area contributed by atoms with Gasteiger partial charge in [0.05, 0.1) is 12.0 Å². The molecule has 1 aromatic carbocycles. The minimum absolute atomic E-state index is 0.0577. The molecule has 1 N–H and O–H groups in total. The molecule has 1 nitrogen and oxygen atoms in total. The van der Waals surface area contributed by atoms with Crippen LogP contribution in [0.2, 0.25) is 0 Å². The predicted molar refractivity (Wildman–Crippen MR) is 53.8 cm³/mol. The molecule has 0 aromatic heterocycles. The van der Waals surface area contributed by atoms with E-state index in [1.165, 1.54) is 0 Å². The van der Waals surface area contributed by atoms with E-state index in [1.54, 1.807) is 24.3 Å². The number of alkyl halides is 3. The molecule has 0 spiro atoms. The molecule has 4 heteroatoms. The van der Waals surface area contributed by atoms with Crippen molar-refractivity contribution in [2.45, 2.75) is 32.0 Å². The van der Waals surface area contributed by atoms with Crippen LogP contribution in [0.1, 0.15) is 24.0 Å². The summed E-state index contributed by atoms with van der Waals surface area (Å²) in [6, 6.07) is 6.66. The van der Waals surface area contributed by atoms with Crippen molar-refractivity contribution >= 4 is 0 Å². The molecule has 0 saturated heterocycles. The molecule has 0 unspecified atom stereocenters. The SMILES string of the molecule is OCc1ccc(CC2(C(F)(F)F)CC2)cc1. The molecule has 88 valence electrons. The van der Waals surface area contributed by atoms with Gasteiger partial charge in [0.1, 0.15) is 0 Å². The van der Waals surface area contributed by atoms with E-state index < -0.39 is 11.6 Å². The Morgan fingerprint density at radius 1 is 1.06 bits per heavy atom. The van der Waals surface area contributed by atoms with Crippen molar-refractivity contribution in [1.29, 1.82) is 0 Å². The third kappa shape index (κ3) is 2.07. The van der Waals surface area contributed by atoms with Crippen molar-refractivity contribution in [3.05, 3.63) is 35.4 Å². The summed E-state index contributed by atoms with van der Waals surface area (Å²) in [6.45, 7) is -0.0787. The molecule has 16 heavy (non-hydrogen) atoms. The molecule has 0 amide bonds. The number of hydrogen-bond donors (Lipinski definition) is 1. The van der Waals surface area contributed by atoms with E-state index in [0.29, 0.717) is 5.56 Å². The van der Waals surface area contributed by atoms with Gasteiger partial charge in [-0.2, -0.15) is 13.2 Å². The predicted octanol–water partition coefficient (Wildman–Crippen LogP) is 3.06. The van der Waals surface area contributed by atoms with Crippen LogP contribution < -0.4 is 0 Å². The van der Waals surface area contributed by atoms with E-state index in [0.717, 1.165) is 5.56 Å². The van der Waals surface area contributed by atoms with Crippen molar-refractivity contribution < 1.29 is 18.3 Å². The summed E-state index contributed by atoms with van der Waals surface area (Å²) in [7, 11) is 0. The van der Waals surface area contributed by atoms with Crippen LogP contribution in [-0.2, 0) is 13.0 Å². The molecule has 0 bridgehead atoms. The number of aliphatic hydroxyl groups excluding tert-OH is 1. The van der Waals surface area contributed by atoms with Crippen molar-refractivity contribution in [2.75, 3.05) is 0 Å². The van der Waals surface area contributed by atoms with Crippen LogP contribution in [-0.4, -0.2) is 11.3 Å². The van der Waals surface area contributed by atoms with E-state index in [2.05, 4.69) is 0 Å². The van der Waals surface area contributed by atoms with Gasteiger partial charge in [-0.05, 0) is 30.4 Å². The molecule has 0 radical (unpaired) electrons. The zero-order valence-electron chi connectivity index (χ0n) is 8.72. The Bertz CT molecular complexity index is 363. The maximum atomic E-state index is 12.7. The van der Waals surface area contributed by atoms with Gasteiger partial charge >= 0.3 is 6.18 Å². The van der Waals surface area contributed by atoms with Gasteiger partial charge < -0.3 is 5.11 Å². The molecule has 1 aliphatic rings. The quantitative estimate of drug-likeness (QED) is 0.846. The highest BCUT2D eigenvalue weighted by Crippen LogP contribution is 2.59. The first-order valence-corrected chi connectivity index (χ1v) is 5.22. The van der Waals surface area contributed by atoms with Crippen LogP contribution in [0.5, 0.6) is 0 Å². The minimum Gasteiger partial charge on any atom is -0.392 e. The second kappa shape index (κ2) is 3.77. The molecule has 2 rings (SSSR count). The van der Waals surface area contributed by atoms with Crippen LogP contribution in [0.15, 0.2) is 24.3 Å². The fourth-order valence-electron chi connectivity index (χ4n) is 1.86. The van der Waals surface area contributed by atoms with Gasteiger partial charge in [0.15, 0.2) is 0 Å². The Morgan fingerprint density at radius 3 is 1.94 bits per heavy atom. The minimum atomic E-state index is -4.09. The number of halogens is 3. The third-order valence-corrected chi connectivity index (χ3v) is 3.20. The first-order valence-electron chi connectivity index (χ1n) is 5.22. The molecule has 1 fully saturated rings. The maximum absolute atomic E-state index is 12.7. The van der Waals surface area contributed by atoms with Crippen molar-refractivity contribution in [3.63, 3.8) is 0 Å². The maximum Gasteiger partial charge on any atom is 0.394 e. The van der Waals surface area contributed by atoms with Gasteiger partial charge in [0, 0.05) is 0 Å². The summed E-state index contributed by atoms with van der Waals surface area (Å²) in [5, 5.41) is 8.82. The van der Waals surface area contributed by atoms with E-state index in [9.17, 15) is 13.2 Å². The summed E-state index contributed by atoms with van der Waals surface area (Å²) in [5.41, 5.74) is -0.0686. The summed E-state index contributed by atoms with van der Waals surface area (Å²) in [4.78, 5) is 0. The second-order valence-electron chi connectivity index (χ2n) is 4.43. The Morgan fingerprint density at radius 2 is 1.56 bits per heavy atom. The lowest BCUT2D eigenvalue weighted by Crippen LogP contribution is -2.26. The summed E-state index contributed by atoms with van der Waals surface area (Å²) < 4.78 is 38.1. The molecule has 1 aliphatic carbocycles. The van der Waals surface area contributed by atoms with Crippen LogP contribution >= 0.6 is 0 Å². The largest absolute Gasteiger partial charge is 0.394 e. The van der Waals surface area contributed by atoms with Crippen LogP contribution in [0.4, 0.5) is 13.2 Å². The number of aliphatic hydroxyl groups is 1. The summed E-state index contributed by atoms with van der Waals surface area (Å²) >= 11 is 0. The van der Waals surface area contributed by atoms with Gasteiger partial charge in [0.2, 0.25) is 0 Å². The van der Waals surface area contributed by atoms with Crippen molar-refractivity contribution in [2.24, 2.45) is 5.41 Å². The van der Waals surface area contributed by atoms with E-state index >= 15 is 0 Å². The van der Waals surface area contributed by atoms with E-state index in [4.69, 9.17) is 5.11 Å². The fourth-order valence-corrected chi connectivity index (χ4v) is 1.86. The Balaban J connectivity index is 2.10. The van der Waals surface area contributed by atoms with Crippen molar-refractivity contribution in [3.8, 4) is 0 Å². The van der Waals surface area contributed by atoms with Crippen molar-refractivity contribution in [1.82, 2.24) is 0 Å². The Kier molecular flexibility index (Phi) is 2.70. The van der Waals surface area contributed by atoms with Gasteiger partial charge in [-0.1, -0.05) is 24.3 Å². The van der Waals surface area contributed by atoms with E-state index in [1.807, 2.05) is 0 Å². The van der Waals surface area contributed by atoms with Gasteiger partial charge in [-0.15, -0.1) is 0 Å². The molecule has 0 heterocycles. The fraction of sp³-hybridized carbons (Fsp3) is 0.500. The lowest BCUT2D eigenvalue weighted by molar-refractivity contribution is -0.186. The topological polar surface area (TPSA) is 20.2 Å². The van der Waals surface area contributed by atoms with Gasteiger partial charge in [-0.25, -0.2) is 0 Å². The van der Waals surface area contributed by atoms with E-state index in [-0.39, 0.29) is 25.9 Å². The molecular weight excluding hydrogens is 217 g/mol. The molecular formula is C12H13F3O. The zero-order valence-corrected chi connectivity index (χ0v) is 8.72. The average molecular weight is 230 g/mol. The van der Waals surface area contributed by atoms with Crippen LogP contribution in [0, 0.1) is 5.41 Å². The lowest BCUT2D eigenvalue weighted by Gasteiger charge is -2.19. The standard InChI is InChI=1S/C12H13F3O/c13-12(14,15)11(5-6-11)7-9-1-3-10(8-16)4-2-9/h1-4,16H,5-8H2. The molecule has 1 saturated carbocycles. The highest BCUT2D eigenvalue weighted by Gasteiger charge is 2.62. The first-order chi connectivity index (χ1) is 7.47. The summed E-state index contributed by atoms with van der Waals surface area (Å²) in [5.74, 6) is 0. The summed E-state index contributed by atoms with van der Waals surface area (Å²) in [6.07, 6.45) is -3.57. The highest BCUT2D eigenvalue weighted by atomic mass is 19.4. The van der Waals surface area contributed by atoms with Gasteiger partial charge in [-0.3, -0.25) is 0 Å². The van der Waals surface area contributed by atoms with Crippen LogP contribution in [0.3, 0.4) is 0 Å². The zero-order chi connectivity index (χ0) is 11.8. The number of hydrogen-bond acceptors (Lipinski definition) is 1. The number of rotatable bonds is 3. The molecule has 0 aliphatic heterocycles. The smallest absolute Gasteiger partial charge is 0.392 e. The molecule has 1 aromatic rings. The normalized spacial score (nSPS) is 18.5. The van der Waals surface area contributed by atoms with Gasteiger partial charge in [0.25, 0.3) is 0 Å². The second-order valence-corrected chi connectivity index (χ2v) is 4.43. The number of benzene rings is 1. The highest BCUT2D eigenvalue weighted by molar-refractivity contribution is 5.24. The monoisotopic (exact) mass is 230 g/mol. The lowest BCUT2D eigenvalue weighted by atomic mass is 9.95. The third-order valence-electron chi connectivity index (χ3n) is 3.20. The average Bonchev–Trinajstić information content (AvgIpc) is 2.99. The molecule has 0 atom stereocenters. The Hall–Kier alpha value is -1.03.